The number of thiocarbonyl (C=S) groups is 1. The minimum absolute atomic E-state index is 0.417. The SMILES string of the molecule is CC(C)CCCC(C)NC(=S)NCc1ccco1. The van der Waals surface area contributed by atoms with Crippen molar-refractivity contribution in [1.82, 2.24) is 10.6 Å². The van der Waals surface area contributed by atoms with E-state index in [2.05, 4.69) is 31.4 Å². The standard InChI is InChI=1S/C14H24N2OS/c1-11(2)6-4-7-12(3)16-14(18)15-10-13-8-5-9-17-13/h5,8-9,11-12H,4,6-7,10H2,1-3H3,(H2,15,16,18). The number of hydrogen-bond acceptors (Lipinski definition) is 2. The van der Waals surface area contributed by atoms with Gasteiger partial charge in [-0.2, -0.15) is 0 Å². The van der Waals surface area contributed by atoms with Gasteiger partial charge < -0.3 is 15.1 Å². The van der Waals surface area contributed by atoms with Crippen LogP contribution in [0.1, 0.15) is 45.8 Å². The second kappa shape index (κ2) is 8.14. The van der Waals surface area contributed by atoms with E-state index >= 15 is 0 Å². The van der Waals surface area contributed by atoms with Gasteiger partial charge in [-0.25, -0.2) is 0 Å². The van der Waals surface area contributed by atoms with Crippen LogP contribution >= 0.6 is 12.2 Å². The molecule has 1 heterocycles. The molecule has 18 heavy (non-hydrogen) atoms. The molecule has 1 aromatic heterocycles. The van der Waals surface area contributed by atoms with Crippen LogP contribution in [-0.2, 0) is 6.54 Å². The normalized spacial score (nSPS) is 12.4. The molecule has 0 aliphatic heterocycles. The molecule has 0 radical (unpaired) electrons. The van der Waals surface area contributed by atoms with E-state index in [0.717, 1.165) is 18.1 Å². The van der Waals surface area contributed by atoms with Crippen LogP contribution in [-0.4, -0.2) is 11.2 Å². The molecule has 1 unspecified atom stereocenters. The van der Waals surface area contributed by atoms with Crippen LogP contribution in [0, 0.1) is 5.92 Å². The molecular weight excluding hydrogens is 244 g/mol. The maximum Gasteiger partial charge on any atom is 0.166 e. The third kappa shape index (κ3) is 6.64. The molecule has 4 heteroatoms. The summed E-state index contributed by atoms with van der Waals surface area (Å²) in [7, 11) is 0. The van der Waals surface area contributed by atoms with Gasteiger partial charge in [-0.1, -0.05) is 26.7 Å². The monoisotopic (exact) mass is 268 g/mol. The summed E-state index contributed by atoms with van der Waals surface area (Å²) >= 11 is 5.24. The predicted octanol–water partition coefficient (Wildman–Crippen LogP) is 3.46. The fourth-order valence-corrected chi connectivity index (χ4v) is 2.03. The molecule has 1 atom stereocenters. The van der Waals surface area contributed by atoms with Crippen LogP contribution in [0.15, 0.2) is 22.8 Å². The second-order valence-corrected chi connectivity index (χ2v) is 5.54. The summed E-state index contributed by atoms with van der Waals surface area (Å²) in [5.41, 5.74) is 0. The van der Waals surface area contributed by atoms with Crippen molar-refractivity contribution < 1.29 is 4.42 Å². The quantitative estimate of drug-likeness (QED) is 0.743. The zero-order chi connectivity index (χ0) is 13.4. The molecule has 1 aromatic rings. The van der Waals surface area contributed by atoms with Gasteiger partial charge in [0.1, 0.15) is 5.76 Å². The molecule has 0 bridgehead atoms. The van der Waals surface area contributed by atoms with Gasteiger partial charge in [0, 0.05) is 6.04 Å². The molecule has 0 aliphatic carbocycles. The number of hydrogen-bond donors (Lipinski definition) is 2. The van der Waals surface area contributed by atoms with Gasteiger partial charge in [0.2, 0.25) is 0 Å². The molecule has 0 fully saturated rings. The zero-order valence-electron chi connectivity index (χ0n) is 11.5. The fourth-order valence-electron chi connectivity index (χ4n) is 1.76. The molecule has 0 amide bonds. The van der Waals surface area contributed by atoms with E-state index in [1.165, 1.54) is 12.8 Å². The van der Waals surface area contributed by atoms with Crippen LogP contribution in [0.2, 0.25) is 0 Å². The van der Waals surface area contributed by atoms with Crippen molar-refractivity contribution in [3.8, 4) is 0 Å². The first kappa shape index (κ1) is 15.0. The Hall–Kier alpha value is -1.03. The van der Waals surface area contributed by atoms with E-state index in [-0.39, 0.29) is 0 Å². The van der Waals surface area contributed by atoms with Gasteiger partial charge in [0.15, 0.2) is 5.11 Å². The Balaban J connectivity index is 2.11. The van der Waals surface area contributed by atoms with Crippen LogP contribution in [0.5, 0.6) is 0 Å². The Bertz CT molecular complexity index is 336. The highest BCUT2D eigenvalue weighted by molar-refractivity contribution is 7.80. The first-order chi connectivity index (χ1) is 8.58. The van der Waals surface area contributed by atoms with Gasteiger partial charge in [-0.05, 0) is 43.6 Å². The van der Waals surface area contributed by atoms with Gasteiger partial charge in [0.25, 0.3) is 0 Å². The van der Waals surface area contributed by atoms with Crippen molar-refractivity contribution in [2.45, 2.75) is 52.6 Å². The first-order valence-electron chi connectivity index (χ1n) is 6.64. The molecule has 0 saturated heterocycles. The van der Waals surface area contributed by atoms with Crippen molar-refractivity contribution in [2.24, 2.45) is 5.92 Å². The first-order valence-corrected chi connectivity index (χ1v) is 7.05. The van der Waals surface area contributed by atoms with Gasteiger partial charge in [-0.15, -0.1) is 0 Å². The fraction of sp³-hybridized carbons (Fsp3) is 0.643. The molecule has 0 spiro atoms. The molecule has 1 rings (SSSR count). The van der Waals surface area contributed by atoms with E-state index in [0.29, 0.717) is 17.7 Å². The molecule has 3 nitrogen and oxygen atoms in total. The predicted molar refractivity (Wildman–Crippen MR) is 79.4 cm³/mol. The molecule has 0 aliphatic rings. The lowest BCUT2D eigenvalue weighted by atomic mass is 10.0. The van der Waals surface area contributed by atoms with Gasteiger partial charge >= 0.3 is 0 Å². The smallest absolute Gasteiger partial charge is 0.166 e. The topological polar surface area (TPSA) is 37.2 Å². The van der Waals surface area contributed by atoms with Crippen LogP contribution in [0.3, 0.4) is 0 Å². The van der Waals surface area contributed by atoms with Crippen LogP contribution < -0.4 is 10.6 Å². The lowest BCUT2D eigenvalue weighted by Gasteiger charge is -2.17. The Morgan fingerprint density at radius 1 is 1.33 bits per heavy atom. The van der Waals surface area contributed by atoms with Crippen molar-refractivity contribution in [1.29, 1.82) is 0 Å². The molecule has 102 valence electrons. The Kier molecular flexibility index (Phi) is 6.80. The maximum absolute atomic E-state index is 5.24. The van der Waals surface area contributed by atoms with Crippen LogP contribution in [0.25, 0.3) is 0 Å². The van der Waals surface area contributed by atoms with E-state index < -0.39 is 0 Å². The van der Waals surface area contributed by atoms with Gasteiger partial charge in [-0.3, -0.25) is 0 Å². The highest BCUT2D eigenvalue weighted by atomic mass is 32.1. The number of nitrogens with one attached hydrogen (secondary N) is 2. The summed E-state index contributed by atoms with van der Waals surface area (Å²) in [4.78, 5) is 0. The van der Waals surface area contributed by atoms with Crippen molar-refractivity contribution in [3.05, 3.63) is 24.2 Å². The van der Waals surface area contributed by atoms with E-state index in [1.807, 2.05) is 12.1 Å². The number of furan rings is 1. The lowest BCUT2D eigenvalue weighted by molar-refractivity contribution is 0.486. The van der Waals surface area contributed by atoms with E-state index in [1.54, 1.807) is 6.26 Å². The minimum Gasteiger partial charge on any atom is -0.467 e. The third-order valence-electron chi connectivity index (χ3n) is 2.80. The average Bonchev–Trinajstić information content (AvgIpc) is 2.78. The van der Waals surface area contributed by atoms with Crippen molar-refractivity contribution in [3.63, 3.8) is 0 Å². The Morgan fingerprint density at radius 2 is 2.11 bits per heavy atom. The summed E-state index contributed by atoms with van der Waals surface area (Å²) in [6.45, 7) is 7.32. The maximum atomic E-state index is 5.24. The summed E-state index contributed by atoms with van der Waals surface area (Å²) in [5, 5.41) is 7.13. The van der Waals surface area contributed by atoms with Gasteiger partial charge in [0.05, 0.1) is 12.8 Å². The van der Waals surface area contributed by atoms with Crippen molar-refractivity contribution in [2.75, 3.05) is 0 Å². The Morgan fingerprint density at radius 3 is 2.72 bits per heavy atom. The third-order valence-corrected chi connectivity index (χ3v) is 3.06. The summed E-state index contributed by atoms with van der Waals surface area (Å²) in [5.74, 6) is 1.67. The molecule has 2 N–H and O–H groups in total. The van der Waals surface area contributed by atoms with E-state index in [4.69, 9.17) is 16.6 Å². The largest absolute Gasteiger partial charge is 0.467 e. The number of rotatable bonds is 7. The second-order valence-electron chi connectivity index (χ2n) is 5.13. The lowest BCUT2D eigenvalue weighted by Crippen LogP contribution is -2.40. The summed E-state index contributed by atoms with van der Waals surface area (Å²) in [6.07, 6.45) is 5.34. The van der Waals surface area contributed by atoms with E-state index in [9.17, 15) is 0 Å². The minimum atomic E-state index is 0.417. The average molecular weight is 268 g/mol. The molecular formula is C14H24N2OS. The molecule has 0 aromatic carbocycles. The van der Waals surface area contributed by atoms with Crippen molar-refractivity contribution >= 4 is 17.3 Å². The molecule has 0 saturated carbocycles. The highest BCUT2D eigenvalue weighted by Crippen LogP contribution is 2.08. The zero-order valence-corrected chi connectivity index (χ0v) is 12.3. The summed E-state index contributed by atoms with van der Waals surface area (Å²) in [6, 6.07) is 4.23. The Labute approximate surface area is 115 Å². The van der Waals surface area contributed by atoms with Crippen LogP contribution in [0.4, 0.5) is 0 Å². The highest BCUT2D eigenvalue weighted by Gasteiger charge is 2.05. The summed E-state index contributed by atoms with van der Waals surface area (Å²) < 4.78 is 5.23.